The minimum atomic E-state index is -1.55. The molecular weight excluding hydrogens is 480 g/mol. The van der Waals surface area contributed by atoms with Gasteiger partial charge in [-0.15, -0.1) is 11.3 Å². The van der Waals surface area contributed by atoms with Crippen molar-refractivity contribution in [1.29, 1.82) is 0 Å². The molecule has 2 heterocycles. The van der Waals surface area contributed by atoms with E-state index in [1.54, 1.807) is 19.4 Å². The summed E-state index contributed by atoms with van der Waals surface area (Å²) in [6, 6.07) is -0.365. The number of aliphatic hydroxyl groups is 1. The van der Waals surface area contributed by atoms with Gasteiger partial charge in [0.25, 0.3) is 0 Å². The standard InChI is InChI=1S/C26H44N4O5S/c1-9-17(5)26(24(27)34,23(33)25(6)12-11-13-29(25)7)30(8)19(16(3)4)14-20(31)21-28-18(15-36-21)22(32)35-10-2/h15-17,19-20,31H,9-14H2,1-8H3,(H2,27,34)/t17-,19+,20+,25+,26+/m0/s1. The number of ketones is 1. The zero-order valence-electron chi connectivity index (χ0n) is 23.0. The second-order valence-electron chi connectivity index (χ2n) is 10.5. The van der Waals surface area contributed by atoms with Crippen molar-refractivity contribution in [2.45, 2.75) is 90.4 Å². The zero-order valence-corrected chi connectivity index (χ0v) is 23.9. The third-order valence-electron chi connectivity index (χ3n) is 8.12. The van der Waals surface area contributed by atoms with Crippen molar-refractivity contribution in [3.05, 3.63) is 16.1 Å². The highest BCUT2D eigenvalue weighted by atomic mass is 32.1. The summed E-state index contributed by atoms with van der Waals surface area (Å²) >= 11 is 1.18. The van der Waals surface area contributed by atoms with E-state index in [0.29, 0.717) is 17.8 Å². The van der Waals surface area contributed by atoms with Crippen LogP contribution in [0.1, 0.15) is 88.8 Å². The van der Waals surface area contributed by atoms with Gasteiger partial charge in [0.15, 0.2) is 17.0 Å². The van der Waals surface area contributed by atoms with Gasteiger partial charge in [-0.3, -0.25) is 19.4 Å². The number of hydrogen-bond acceptors (Lipinski definition) is 9. The predicted octanol–water partition coefficient (Wildman–Crippen LogP) is 3.02. The molecule has 5 atom stereocenters. The summed E-state index contributed by atoms with van der Waals surface area (Å²) in [5.74, 6) is -1.73. The van der Waals surface area contributed by atoms with Crippen LogP contribution in [0.2, 0.25) is 0 Å². The molecule has 1 aliphatic heterocycles. The fourth-order valence-electron chi connectivity index (χ4n) is 5.56. The molecule has 1 aromatic rings. The minimum Gasteiger partial charge on any atom is -0.461 e. The van der Waals surface area contributed by atoms with Gasteiger partial charge in [-0.05, 0) is 65.6 Å². The van der Waals surface area contributed by atoms with Crippen molar-refractivity contribution < 1.29 is 24.2 Å². The Hall–Kier alpha value is -1.88. The fraction of sp³-hybridized carbons (Fsp3) is 0.769. The van der Waals surface area contributed by atoms with Gasteiger partial charge in [0.05, 0.1) is 12.1 Å². The molecule has 0 unspecified atom stereocenters. The molecule has 0 aromatic carbocycles. The smallest absolute Gasteiger partial charge is 0.357 e. The Morgan fingerprint density at radius 3 is 2.44 bits per heavy atom. The van der Waals surface area contributed by atoms with Gasteiger partial charge < -0.3 is 15.6 Å². The maximum atomic E-state index is 14.4. The first kappa shape index (κ1) is 30.3. The summed E-state index contributed by atoms with van der Waals surface area (Å²) in [6.07, 6.45) is 1.34. The number of likely N-dealkylation sites (N-methyl/N-ethyl adjacent to an activating group) is 2. The van der Waals surface area contributed by atoms with Crippen molar-refractivity contribution in [2.24, 2.45) is 17.6 Å². The lowest BCUT2D eigenvalue weighted by Crippen LogP contribution is -2.73. The summed E-state index contributed by atoms with van der Waals surface area (Å²) < 4.78 is 5.00. The number of nitrogens with zero attached hydrogens (tertiary/aromatic N) is 3. The van der Waals surface area contributed by atoms with Crippen molar-refractivity contribution >= 4 is 29.0 Å². The molecule has 0 spiro atoms. The SMILES string of the molecule is CCOC(=O)c1csc([C@H](O)C[C@H](C(C)C)N(C)[C@@](C(N)=O)(C(=O)[C@@]2(C)CCCN2C)[C@@H](C)CC)n1. The number of rotatable bonds is 13. The Balaban J connectivity index is 2.48. The molecule has 0 bridgehead atoms. The van der Waals surface area contributed by atoms with E-state index in [2.05, 4.69) is 4.98 Å². The van der Waals surface area contributed by atoms with E-state index in [1.165, 1.54) is 11.3 Å². The molecule has 0 radical (unpaired) electrons. The molecule has 3 N–H and O–H groups in total. The average Bonchev–Trinajstić information content (AvgIpc) is 3.45. The first-order chi connectivity index (χ1) is 16.8. The summed E-state index contributed by atoms with van der Waals surface area (Å²) in [4.78, 5) is 47.9. The normalized spacial score (nSPS) is 22.9. The number of Topliss-reactive ketones (excluding diaryl/α,β-unsaturated/α-hetero) is 1. The van der Waals surface area contributed by atoms with Crippen LogP contribution in [0.25, 0.3) is 0 Å². The number of likely N-dealkylation sites (tertiary alicyclic amines) is 1. The van der Waals surface area contributed by atoms with E-state index in [4.69, 9.17) is 10.5 Å². The molecule has 10 heteroatoms. The van der Waals surface area contributed by atoms with Gasteiger partial charge in [-0.25, -0.2) is 9.78 Å². The number of nitrogens with two attached hydrogens (primary N) is 1. The van der Waals surface area contributed by atoms with Gasteiger partial charge >= 0.3 is 5.97 Å². The molecule has 36 heavy (non-hydrogen) atoms. The van der Waals surface area contributed by atoms with Crippen molar-refractivity contribution in [3.63, 3.8) is 0 Å². The largest absolute Gasteiger partial charge is 0.461 e. The third kappa shape index (κ3) is 5.51. The minimum absolute atomic E-state index is 0.0150. The number of thiazole rings is 1. The number of hydrogen-bond donors (Lipinski definition) is 2. The third-order valence-corrected chi connectivity index (χ3v) is 9.06. The molecule has 204 valence electrons. The number of carbonyl (C=O) groups excluding carboxylic acids is 3. The second-order valence-corrected chi connectivity index (χ2v) is 11.4. The van der Waals surface area contributed by atoms with E-state index in [0.717, 1.165) is 13.0 Å². The van der Waals surface area contributed by atoms with Gasteiger partial charge in [-0.1, -0.05) is 34.1 Å². The monoisotopic (exact) mass is 524 g/mol. The molecule has 0 aliphatic carbocycles. The van der Waals surface area contributed by atoms with Crippen molar-refractivity contribution in [2.75, 3.05) is 27.2 Å². The van der Waals surface area contributed by atoms with Crippen LogP contribution >= 0.6 is 11.3 Å². The van der Waals surface area contributed by atoms with E-state index >= 15 is 0 Å². The highest BCUT2D eigenvalue weighted by molar-refractivity contribution is 7.09. The molecule has 1 fully saturated rings. The topological polar surface area (TPSA) is 126 Å². The Morgan fingerprint density at radius 2 is 1.97 bits per heavy atom. The van der Waals surface area contributed by atoms with Crippen LogP contribution in [0.5, 0.6) is 0 Å². The van der Waals surface area contributed by atoms with Gasteiger partial charge in [0.2, 0.25) is 5.91 Å². The van der Waals surface area contributed by atoms with Crippen LogP contribution in [0, 0.1) is 11.8 Å². The van der Waals surface area contributed by atoms with E-state index in [9.17, 15) is 19.5 Å². The Bertz CT molecular complexity index is 937. The van der Waals surface area contributed by atoms with Gasteiger partial charge in [-0.2, -0.15) is 0 Å². The number of amides is 1. The highest BCUT2D eigenvalue weighted by Crippen LogP contribution is 2.41. The summed E-state index contributed by atoms with van der Waals surface area (Å²) in [6.45, 7) is 12.5. The number of primary amides is 1. The average molecular weight is 525 g/mol. The van der Waals surface area contributed by atoms with E-state index < -0.39 is 29.1 Å². The first-order valence-electron chi connectivity index (χ1n) is 12.9. The predicted molar refractivity (Wildman–Crippen MR) is 141 cm³/mol. The summed E-state index contributed by atoms with van der Waals surface area (Å²) in [7, 11) is 3.69. The van der Waals surface area contributed by atoms with Gasteiger partial charge in [0.1, 0.15) is 11.1 Å². The maximum absolute atomic E-state index is 14.4. The summed E-state index contributed by atoms with van der Waals surface area (Å²) in [5.41, 5.74) is 3.92. The molecule has 1 aliphatic rings. The zero-order chi connectivity index (χ0) is 27.4. The van der Waals surface area contributed by atoms with Gasteiger partial charge in [0, 0.05) is 11.4 Å². The molecule has 2 rings (SSSR count). The molecule has 1 amide bonds. The Labute approximate surface area is 219 Å². The fourth-order valence-corrected chi connectivity index (χ4v) is 6.34. The van der Waals surface area contributed by atoms with E-state index in [-0.39, 0.29) is 42.4 Å². The first-order valence-corrected chi connectivity index (χ1v) is 13.8. The van der Waals surface area contributed by atoms with E-state index in [1.807, 2.05) is 51.5 Å². The number of carbonyl (C=O) groups is 3. The number of ether oxygens (including phenoxy) is 1. The Kier molecular flexibility index (Phi) is 10.2. The van der Waals surface area contributed by atoms with Crippen LogP contribution in [-0.2, 0) is 14.3 Å². The van der Waals surface area contributed by atoms with Crippen molar-refractivity contribution in [3.8, 4) is 0 Å². The molecule has 9 nitrogen and oxygen atoms in total. The van der Waals surface area contributed by atoms with Crippen LogP contribution in [0.15, 0.2) is 5.38 Å². The lowest BCUT2D eigenvalue weighted by molar-refractivity contribution is -0.157. The lowest BCUT2D eigenvalue weighted by atomic mass is 9.69. The molecule has 1 aromatic heterocycles. The van der Waals surface area contributed by atoms with Crippen molar-refractivity contribution in [1.82, 2.24) is 14.8 Å². The van der Waals surface area contributed by atoms with Crippen LogP contribution in [-0.4, -0.2) is 81.9 Å². The summed E-state index contributed by atoms with van der Waals surface area (Å²) in [5, 5.41) is 13.1. The Morgan fingerprint density at radius 1 is 1.33 bits per heavy atom. The van der Waals surface area contributed by atoms with Crippen LogP contribution < -0.4 is 5.73 Å². The molecule has 1 saturated heterocycles. The quantitative estimate of drug-likeness (QED) is 0.298. The van der Waals surface area contributed by atoms with Crippen LogP contribution in [0.3, 0.4) is 0 Å². The molecular formula is C26H44N4O5S. The number of aliphatic hydroxyl groups excluding tert-OH is 1. The lowest BCUT2D eigenvalue weighted by Gasteiger charge is -2.51. The molecule has 0 saturated carbocycles. The number of aromatic nitrogens is 1. The highest BCUT2D eigenvalue weighted by Gasteiger charge is 2.60. The van der Waals surface area contributed by atoms with Crippen LogP contribution in [0.4, 0.5) is 0 Å². The second kappa shape index (κ2) is 12.1. The maximum Gasteiger partial charge on any atom is 0.357 e. The number of esters is 1.